The van der Waals surface area contributed by atoms with Crippen molar-refractivity contribution in [3.63, 3.8) is 0 Å². The number of benzene rings is 1. The van der Waals surface area contributed by atoms with Crippen molar-refractivity contribution in [3.05, 3.63) is 47.7 Å². The molecule has 4 rings (SSSR count). The maximum absolute atomic E-state index is 5.46. The van der Waals surface area contributed by atoms with Crippen molar-refractivity contribution in [2.24, 2.45) is 4.99 Å². The van der Waals surface area contributed by atoms with Crippen LogP contribution in [0.2, 0.25) is 0 Å². The van der Waals surface area contributed by atoms with E-state index in [0.717, 1.165) is 81.1 Å². The Labute approximate surface area is 213 Å². The maximum atomic E-state index is 5.46. The van der Waals surface area contributed by atoms with Gasteiger partial charge in [-0.1, -0.05) is 19.1 Å². The van der Waals surface area contributed by atoms with Gasteiger partial charge >= 0.3 is 0 Å². The summed E-state index contributed by atoms with van der Waals surface area (Å²) in [4.78, 5) is 14.2. The largest absolute Gasteiger partial charge is 0.454 e. The Bertz CT molecular complexity index is 900. The van der Waals surface area contributed by atoms with Crippen molar-refractivity contribution in [1.82, 2.24) is 20.5 Å². The van der Waals surface area contributed by atoms with Crippen LogP contribution < -0.4 is 25.0 Å². The zero-order chi connectivity index (χ0) is 22.2. The molecule has 180 valence electrons. The summed E-state index contributed by atoms with van der Waals surface area (Å²) in [5, 5.41) is 6.73. The number of rotatable bonds is 8. The molecule has 2 N–H and O–H groups in total. The second kappa shape index (κ2) is 12.8. The van der Waals surface area contributed by atoms with Crippen LogP contribution in [-0.2, 0) is 13.0 Å². The number of hydrogen-bond donors (Lipinski definition) is 2. The molecule has 0 aliphatic carbocycles. The molecule has 2 aliphatic heterocycles. The van der Waals surface area contributed by atoms with Crippen LogP contribution in [0.25, 0.3) is 0 Å². The Balaban J connectivity index is 0.00000306. The van der Waals surface area contributed by atoms with Crippen molar-refractivity contribution < 1.29 is 9.47 Å². The van der Waals surface area contributed by atoms with E-state index < -0.39 is 0 Å². The molecule has 33 heavy (non-hydrogen) atoms. The van der Waals surface area contributed by atoms with Crippen LogP contribution in [0.15, 0.2) is 41.5 Å². The monoisotopic (exact) mass is 566 g/mol. The molecule has 3 heterocycles. The van der Waals surface area contributed by atoms with Gasteiger partial charge in [0.2, 0.25) is 6.79 Å². The highest BCUT2D eigenvalue weighted by Crippen LogP contribution is 2.32. The Kier molecular flexibility index (Phi) is 9.86. The molecule has 1 aromatic heterocycles. The number of likely N-dealkylation sites (N-methyl/N-ethyl adjacent to an activating group) is 1. The molecule has 0 unspecified atom stereocenters. The van der Waals surface area contributed by atoms with Gasteiger partial charge in [0.25, 0.3) is 0 Å². The molecule has 0 amide bonds. The Morgan fingerprint density at radius 2 is 1.79 bits per heavy atom. The van der Waals surface area contributed by atoms with Gasteiger partial charge in [0.05, 0.1) is 6.54 Å². The third kappa shape index (κ3) is 7.10. The van der Waals surface area contributed by atoms with Gasteiger partial charge in [-0.15, -0.1) is 24.0 Å². The summed E-state index contributed by atoms with van der Waals surface area (Å²) in [6, 6.07) is 10.3. The number of halogens is 1. The van der Waals surface area contributed by atoms with E-state index >= 15 is 0 Å². The lowest BCUT2D eigenvalue weighted by molar-refractivity contribution is 0.174. The summed E-state index contributed by atoms with van der Waals surface area (Å²) in [6.45, 7) is 12.2. The molecule has 0 saturated carbocycles. The van der Waals surface area contributed by atoms with Crippen LogP contribution in [0.5, 0.6) is 11.5 Å². The minimum Gasteiger partial charge on any atom is -0.454 e. The highest BCUT2D eigenvalue weighted by molar-refractivity contribution is 14.0. The predicted octanol–water partition coefficient (Wildman–Crippen LogP) is 2.87. The minimum atomic E-state index is 0. The fourth-order valence-corrected chi connectivity index (χ4v) is 3.92. The molecular weight excluding hydrogens is 531 g/mol. The fourth-order valence-electron chi connectivity index (χ4n) is 3.92. The highest BCUT2D eigenvalue weighted by Gasteiger charge is 2.16. The van der Waals surface area contributed by atoms with Gasteiger partial charge in [0.1, 0.15) is 5.82 Å². The summed E-state index contributed by atoms with van der Waals surface area (Å²) < 4.78 is 10.8. The van der Waals surface area contributed by atoms with Gasteiger partial charge in [-0.2, -0.15) is 0 Å². The Morgan fingerprint density at radius 1 is 1.00 bits per heavy atom. The number of ether oxygens (including phenoxy) is 2. The summed E-state index contributed by atoms with van der Waals surface area (Å²) in [5.41, 5.74) is 2.31. The van der Waals surface area contributed by atoms with Crippen molar-refractivity contribution in [2.45, 2.75) is 26.8 Å². The summed E-state index contributed by atoms with van der Waals surface area (Å²) in [5.74, 6) is 3.51. The molecule has 0 radical (unpaired) electrons. The third-order valence-electron chi connectivity index (χ3n) is 5.86. The number of aliphatic imine (C=N–C) groups is 1. The molecule has 1 saturated heterocycles. The molecule has 8 nitrogen and oxygen atoms in total. The van der Waals surface area contributed by atoms with Crippen molar-refractivity contribution in [3.8, 4) is 11.5 Å². The standard InChI is InChI=1S/C24H34N6O2.HI/c1-3-25-24(26-10-9-19-5-7-21-22(15-19)32-18-31-21)28-17-20-6-8-23(27-16-20)30-13-11-29(4-2)12-14-30;/h5-8,15-16H,3-4,9-14,17-18H2,1-2H3,(H2,25,26,28);1H. The lowest BCUT2D eigenvalue weighted by Crippen LogP contribution is -2.46. The Morgan fingerprint density at radius 3 is 2.52 bits per heavy atom. The smallest absolute Gasteiger partial charge is 0.231 e. The van der Waals surface area contributed by atoms with Crippen LogP contribution in [0, 0.1) is 0 Å². The van der Waals surface area contributed by atoms with Crippen LogP contribution >= 0.6 is 24.0 Å². The molecule has 0 atom stereocenters. The third-order valence-corrected chi connectivity index (χ3v) is 5.86. The van der Waals surface area contributed by atoms with E-state index in [-0.39, 0.29) is 24.0 Å². The molecule has 9 heteroatoms. The SMILES string of the molecule is CCNC(=NCc1ccc(N2CCN(CC)CC2)nc1)NCCc1ccc2c(c1)OCO2.I. The first-order valence-corrected chi connectivity index (χ1v) is 11.6. The topological polar surface area (TPSA) is 74.3 Å². The van der Waals surface area contributed by atoms with E-state index in [1.165, 1.54) is 5.56 Å². The average molecular weight is 566 g/mol. The number of aromatic nitrogens is 1. The first-order valence-electron chi connectivity index (χ1n) is 11.6. The summed E-state index contributed by atoms with van der Waals surface area (Å²) in [7, 11) is 0. The van der Waals surface area contributed by atoms with Gasteiger partial charge in [-0.3, -0.25) is 0 Å². The van der Waals surface area contributed by atoms with Crippen molar-refractivity contribution in [2.75, 3.05) is 57.5 Å². The number of anilines is 1. The second-order valence-corrected chi connectivity index (χ2v) is 8.01. The zero-order valence-corrected chi connectivity index (χ0v) is 21.9. The van der Waals surface area contributed by atoms with Crippen molar-refractivity contribution >= 4 is 35.8 Å². The lowest BCUT2D eigenvalue weighted by Gasteiger charge is -2.34. The minimum absolute atomic E-state index is 0. The quantitative estimate of drug-likeness (QED) is 0.289. The van der Waals surface area contributed by atoms with Gasteiger partial charge in [-0.05, 0) is 49.2 Å². The average Bonchev–Trinajstić information content (AvgIpc) is 3.31. The number of nitrogens with one attached hydrogen (secondary N) is 2. The van der Waals surface area contributed by atoms with Crippen molar-refractivity contribution in [1.29, 1.82) is 0 Å². The van der Waals surface area contributed by atoms with Gasteiger partial charge in [0, 0.05) is 45.5 Å². The van der Waals surface area contributed by atoms with E-state index in [9.17, 15) is 0 Å². The summed E-state index contributed by atoms with van der Waals surface area (Å²) >= 11 is 0. The van der Waals surface area contributed by atoms with E-state index in [2.05, 4.69) is 57.5 Å². The molecule has 1 aromatic carbocycles. The van der Waals surface area contributed by atoms with E-state index in [1.54, 1.807) is 0 Å². The number of pyridine rings is 1. The number of guanidine groups is 1. The normalized spacial score (nSPS) is 15.8. The van der Waals surface area contributed by atoms with E-state index in [1.807, 2.05) is 18.3 Å². The molecule has 2 aromatic rings. The first kappa shape index (κ1) is 25.4. The second-order valence-electron chi connectivity index (χ2n) is 8.01. The predicted molar refractivity (Wildman–Crippen MR) is 143 cm³/mol. The van der Waals surface area contributed by atoms with Gasteiger partial charge in [-0.25, -0.2) is 9.98 Å². The lowest BCUT2D eigenvalue weighted by atomic mass is 10.1. The Hall–Kier alpha value is -2.27. The molecule has 0 spiro atoms. The van der Waals surface area contributed by atoms with E-state index in [0.29, 0.717) is 13.3 Å². The number of hydrogen-bond acceptors (Lipinski definition) is 6. The van der Waals surface area contributed by atoms with Crippen LogP contribution in [0.4, 0.5) is 5.82 Å². The van der Waals surface area contributed by atoms with Crippen LogP contribution in [0.1, 0.15) is 25.0 Å². The first-order chi connectivity index (χ1) is 15.7. The number of nitrogens with zero attached hydrogens (tertiary/aromatic N) is 4. The molecular formula is C24H35IN6O2. The number of fused-ring (bicyclic) bond motifs is 1. The van der Waals surface area contributed by atoms with E-state index in [4.69, 9.17) is 14.5 Å². The maximum Gasteiger partial charge on any atom is 0.231 e. The molecule has 2 aliphatic rings. The highest BCUT2D eigenvalue weighted by atomic mass is 127. The molecule has 0 bridgehead atoms. The number of piperazine rings is 1. The molecule has 1 fully saturated rings. The van der Waals surface area contributed by atoms with Gasteiger partial charge in [0.15, 0.2) is 17.5 Å². The fraction of sp³-hybridized carbons (Fsp3) is 0.500. The van der Waals surface area contributed by atoms with Crippen LogP contribution in [-0.4, -0.2) is 68.4 Å². The zero-order valence-electron chi connectivity index (χ0n) is 19.5. The van der Waals surface area contributed by atoms with Crippen LogP contribution in [0.3, 0.4) is 0 Å². The summed E-state index contributed by atoms with van der Waals surface area (Å²) in [6.07, 6.45) is 2.82. The van der Waals surface area contributed by atoms with Gasteiger partial charge < -0.3 is 29.9 Å².